The molecule has 22 heavy (non-hydrogen) atoms. The molecular weight excluding hydrogens is 282 g/mol. The molecule has 0 unspecified atom stereocenters. The van der Waals surface area contributed by atoms with E-state index in [1.54, 1.807) is 14.1 Å². The van der Waals surface area contributed by atoms with Gasteiger partial charge in [0.2, 0.25) is 5.91 Å². The largest absolute Gasteiger partial charge is 0.465 e. The molecule has 1 aromatic carbocycles. The van der Waals surface area contributed by atoms with Crippen LogP contribution in [0.3, 0.4) is 0 Å². The van der Waals surface area contributed by atoms with E-state index in [2.05, 4.69) is 0 Å². The normalized spacial score (nSPS) is 11.1. The first kappa shape index (κ1) is 18.2. The molecule has 1 aromatic rings. The Labute approximate surface area is 132 Å². The lowest BCUT2D eigenvalue weighted by Crippen LogP contribution is -2.18. The van der Waals surface area contributed by atoms with Gasteiger partial charge in [0.15, 0.2) is 0 Å². The Bertz CT molecular complexity index is 466. The summed E-state index contributed by atoms with van der Waals surface area (Å²) >= 11 is 0. The van der Waals surface area contributed by atoms with Crippen molar-refractivity contribution < 1.29 is 19.0 Å². The predicted molar refractivity (Wildman–Crippen MR) is 85.6 cm³/mol. The van der Waals surface area contributed by atoms with Crippen molar-refractivity contribution >= 4 is 5.91 Å². The van der Waals surface area contributed by atoms with Crippen molar-refractivity contribution in [2.24, 2.45) is 0 Å². The van der Waals surface area contributed by atoms with E-state index in [4.69, 9.17) is 14.2 Å². The van der Waals surface area contributed by atoms with Gasteiger partial charge in [-0.25, -0.2) is 0 Å². The van der Waals surface area contributed by atoms with Crippen molar-refractivity contribution in [1.29, 1.82) is 0 Å². The Hall–Kier alpha value is -1.85. The van der Waals surface area contributed by atoms with Gasteiger partial charge in [0, 0.05) is 20.2 Å². The lowest BCUT2D eigenvalue weighted by Gasteiger charge is -2.08. The molecular formula is C17H25NO4. The van der Waals surface area contributed by atoms with Crippen LogP contribution in [0.2, 0.25) is 0 Å². The van der Waals surface area contributed by atoms with Crippen LogP contribution < -0.4 is 4.74 Å². The number of rotatable bonds is 9. The fourth-order valence-corrected chi connectivity index (χ4v) is 1.52. The summed E-state index contributed by atoms with van der Waals surface area (Å²) in [6, 6.07) is 7.54. The van der Waals surface area contributed by atoms with Gasteiger partial charge in [-0.1, -0.05) is 12.1 Å². The van der Waals surface area contributed by atoms with E-state index < -0.39 is 0 Å². The van der Waals surface area contributed by atoms with Gasteiger partial charge >= 0.3 is 0 Å². The molecule has 1 amide bonds. The highest BCUT2D eigenvalue weighted by Crippen LogP contribution is 2.13. The van der Waals surface area contributed by atoms with Crippen molar-refractivity contribution in [2.75, 3.05) is 27.3 Å². The van der Waals surface area contributed by atoms with Gasteiger partial charge in [-0.2, -0.15) is 0 Å². The molecule has 0 N–H and O–H groups in total. The number of carbonyl (C=O) groups excluding carboxylic acids is 1. The van der Waals surface area contributed by atoms with Gasteiger partial charge in [0.25, 0.3) is 0 Å². The average molecular weight is 307 g/mol. The summed E-state index contributed by atoms with van der Waals surface area (Å²) in [5.74, 6) is 0.559. The smallest absolute Gasteiger partial charge is 0.249 e. The molecule has 5 nitrogen and oxygen atoms in total. The second-order valence-electron chi connectivity index (χ2n) is 5.27. The minimum atomic E-state index is -0.117. The lowest BCUT2D eigenvalue weighted by molar-refractivity contribution is -0.123. The molecule has 0 aliphatic rings. The van der Waals surface area contributed by atoms with Crippen molar-refractivity contribution in [2.45, 2.75) is 26.6 Å². The minimum Gasteiger partial charge on any atom is -0.465 e. The Morgan fingerprint density at radius 3 is 2.45 bits per heavy atom. The number of amides is 1. The molecule has 0 heterocycles. The molecule has 122 valence electrons. The van der Waals surface area contributed by atoms with E-state index in [-0.39, 0.29) is 12.0 Å². The van der Waals surface area contributed by atoms with Crippen molar-refractivity contribution in [3.8, 4) is 5.75 Å². The molecule has 0 aliphatic carbocycles. The van der Waals surface area contributed by atoms with Gasteiger partial charge in [-0.3, -0.25) is 4.79 Å². The van der Waals surface area contributed by atoms with E-state index in [0.29, 0.717) is 25.6 Å². The summed E-state index contributed by atoms with van der Waals surface area (Å²) in [6.07, 6.45) is 3.00. The Balaban J connectivity index is 2.29. The van der Waals surface area contributed by atoms with Crippen LogP contribution in [0.25, 0.3) is 0 Å². The molecule has 0 fully saturated rings. The SMILES string of the molecule is CC(C)OCCOCc1ccc(O/C=C/C(=O)N(C)C)cc1. The van der Waals surface area contributed by atoms with Crippen LogP contribution in [0.15, 0.2) is 36.6 Å². The third kappa shape index (κ3) is 7.81. The molecule has 0 aromatic heterocycles. The first-order valence-electron chi connectivity index (χ1n) is 7.32. The van der Waals surface area contributed by atoms with Gasteiger partial charge in [0.05, 0.1) is 32.2 Å². The second kappa shape index (κ2) is 9.97. The van der Waals surface area contributed by atoms with Crippen LogP contribution in [-0.4, -0.2) is 44.2 Å². The molecule has 0 bridgehead atoms. The summed E-state index contributed by atoms with van der Waals surface area (Å²) in [7, 11) is 3.38. The van der Waals surface area contributed by atoms with Crippen molar-refractivity contribution in [3.63, 3.8) is 0 Å². The quantitative estimate of drug-likeness (QED) is 0.400. The Morgan fingerprint density at radius 1 is 1.18 bits per heavy atom. The highest BCUT2D eigenvalue weighted by molar-refractivity contribution is 5.86. The topological polar surface area (TPSA) is 48.0 Å². The summed E-state index contributed by atoms with van der Waals surface area (Å²) < 4.78 is 16.3. The summed E-state index contributed by atoms with van der Waals surface area (Å²) in [5.41, 5.74) is 1.06. The molecule has 1 rings (SSSR count). The van der Waals surface area contributed by atoms with Gasteiger partial charge < -0.3 is 19.1 Å². The maximum atomic E-state index is 11.3. The van der Waals surface area contributed by atoms with E-state index >= 15 is 0 Å². The molecule has 0 radical (unpaired) electrons. The molecule has 0 saturated heterocycles. The molecule has 0 saturated carbocycles. The fourth-order valence-electron chi connectivity index (χ4n) is 1.52. The van der Waals surface area contributed by atoms with Crippen LogP contribution in [0.5, 0.6) is 5.75 Å². The number of nitrogens with zero attached hydrogens (tertiary/aromatic N) is 1. The Morgan fingerprint density at radius 2 is 1.86 bits per heavy atom. The maximum Gasteiger partial charge on any atom is 0.249 e. The number of benzene rings is 1. The predicted octanol–water partition coefficient (Wildman–Crippen LogP) is 2.61. The molecule has 0 spiro atoms. The number of hydrogen-bond donors (Lipinski definition) is 0. The molecule has 5 heteroatoms. The maximum absolute atomic E-state index is 11.3. The van der Waals surface area contributed by atoms with Gasteiger partial charge in [-0.15, -0.1) is 0 Å². The summed E-state index contributed by atoms with van der Waals surface area (Å²) in [4.78, 5) is 12.8. The van der Waals surface area contributed by atoms with Crippen LogP contribution in [0.4, 0.5) is 0 Å². The third-order valence-corrected chi connectivity index (χ3v) is 2.73. The van der Waals surface area contributed by atoms with Crippen LogP contribution in [0.1, 0.15) is 19.4 Å². The Kier molecular flexibility index (Phi) is 8.25. The van der Waals surface area contributed by atoms with E-state index in [0.717, 1.165) is 5.56 Å². The monoisotopic (exact) mass is 307 g/mol. The highest BCUT2D eigenvalue weighted by atomic mass is 16.5. The number of carbonyl (C=O) groups is 1. The average Bonchev–Trinajstić information content (AvgIpc) is 2.48. The number of ether oxygens (including phenoxy) is 3. The second-order valence-corrected chi connectivity index (χ2v) is 5.27. The zero-order valence-corrected chi connectivity index (χ0v) is 13.7. The van der Waals surface area contributed by atoms with E-state index in [1.165, 1.54) is 17.2 Å². The van der Waals surface area contributed by atoms with Gasteiger partial charge in [-0.05, 0) is 31.5 Å². The fraction of sp³-hybridized carbons (Fsp3) is 0.471. The number of likely N-dealkylation sites (N-methyl/N-ethyl adjacent to an activating group) is 1. The zero-order chi connectivity index (χ0) is 16.4. The first-order valence-corrected chi connectivity index (χ1v) is 7.32. The van der Waals surface area contributed by atoms with Crippen molar-refractivity contribution in [1.82, 2.24) is 4.90 Å². The third-order valence-electron chi connectivity index (χ3n) is 2.73. The van der Waals surface area contributed by atoms with Crippen LogP contribution >= 0.6 is 0 Å². The summed E-state index contributed by atoms with van der Waals surface area (Å²) in [6.45, 7) is 5.71. The van der Waals surface area contributed by atoms with Gasteiger partial charge in [0.1, 0.15) is 5.75 Å². The van der Waals surface area contributed by atoms with E-state index in [9.17, 15) is 4.79 Å². The highest BCUT2D eigenvalue weighted by Gasteiger charge is 1.99. The molecule has 0 aliphatic heterocycles. The van der Waals surface area contributed by atoms with Crippen LogP contribution in [-0.2, 0) is 20.9 Å². The van der Waals surface area contributed by atoms with E-state index in [1.807, 2.05) is 38.1 Å². The zero-order valence-electron chi connectivity index (χ0n) is 13.7. The summed E-state index contributed by atoms with van der Waals surface area (Å²) in [5, 5.41) is 0. The standard InChI is InChI=1S/C17H25NO4/c1-14(2)21-12-11-20-13-15-5-7-16(8-6-15)22-10-9-17(19)18(3)4/h5-10,14H,11-13H2,1-4H3/b10-9+. The lowest BCUT2D eigenvalue weighted by atomic mass is 10.2. The first-order chi connectivity index (χ1) is 10.5. The molecule has 0 atom stereocenters. The van der Waals surface area contributed by atoms with Crippen molar-refractivity contribution in [3.05, 3.63) is 42.2 Å². The number of hydrogen-bond acceptors (Lipinski definition) is 4. The van der Waals surface area contributed by atoms with Crippen LogP contribution in [0, 0.1) is 0 Å². The minimum absolute atomic E-state index is 0.117.